The molecular formula is C20H25NO4S. The largest absolute Gasteiger partial charge is 0.468 e. The SMILES string of the molecule is CCCc1ccc(C(=O)N2CCC(S(=O)(=O)Cc3ccco3)CC2)cc1. The highest BCUT2D eigenvalue weighted by molar-refractivity contribution is 7.91. The van der Waals surface area contributed by atoms with Crippen LogP contribution in [0.15, 0.2) is 47.1 Å². The second-order valence-corrected chi connectivity index (χ2v) is 9.11. The Kier molecular flexibility index (Phi) is 5.81. The van der Waals surface area contributed by atoms with Crippen molar-refractivity contribution >= 4 is 15.7 Å². The van der Waals surface area contributed by atoms with Crippen LogP contribution < -0.4 is 0 Å². The van der Waals surface area contributed by atoms with E-state index < -0.39 is 15.1 Å². The van der Waals surface area contributed by atoms with Crippen molar-refractivity contribution in [2.75, 3.05) is 13.1 Å². The lowest BCUT2D eigenvalue weighted by atomic mass is 10.1. The van der Waals surface area contributed by atoms with Gasteiger partial charge in [0.25, 0.3) is 5.91 Å². The number of piperidine rings is 1. The molecule has 26 heavy (non-hydrogen) atoms. The van der Waals surface area contributed by atoms with E-state index in [0.717, 1.165) is 12.8 Å². The molecule has 1 saturated heterocycles. The van der Waals surface area contributed by atoms with E-state index in [9.17, 15) is 13.2 Å². The molecule has 0 saturated carbocycles. The molecule has 0 radical (unpaired) electrons. The molecule has 0 aliphatic carbocycles. The van der Waals surface area contributed by atoms with Crippen molar-refractivity contribution in [1.82, 2.24) is 4.90 Å². The molecular weight excluding hydrogens is 350 g/mol. The third kappa shape index (κ3) is 4.36. The molecule has 2 aromatic rings. The van der Waals surface area contributed by atoms with E-state index in [1.807, 2.05) is 24.3 Å². The normalized spacial score (nSPS) is 16.0. The molecule has 0 N–H and O–H groups in total. The fourth-order valence-electron chi connectivity index (χ4n) is 3.41. The van der Waals surface area contributed by atoms with Gasteiger partial charge in [-0.25, -0.2) is 8.42 Å². The number of rotatable bonds is 6. The zero-order chi connectivity index (χ0) is 18.6. The summed E-state index contributed by atoms with van der Waals surface area (Å²) >= 11 is 0. The number of furan rings is 1. The number of sulfone groups is 1. The van der Waals surface area contributed by atoms with Crippen LogP contribution in [0.2, 0.25) is 0 Å². The number of hydrogen-bond donors (Lipinski definition) is 0. The van der Waals surface area contributed by atoms with Crippen molar-refractivity contribution in [2.45, 2.75) is 43.6 Å². The fraction of sp³-hybridized carbons (Fsp3) is 0.450. The Morgan fingerprint density at radius 3 is 2.42 bits per heavy atom. The van der Waals surface area contributed by atoms with Gasteiger partial charge in [0.05, 0.1) is 11.5 Å². The molecule has 1 aliphatic heterocycles. The third-order valence-corrected chi connectivity index (χ3v) is 7.07. The van der Waals surface area contributed by atoms with E-state index in [2.05, 4.69) is 6.92 Å². The average molecular weight is 375 g/mol. The van der Waals surface area contributed by atoms with E-state index in [1.165, 1.54) is 11.8 Å². The van der Waals surface area contributed by atoms with Gasteiger partial charge in [0.1, 0.15) is 11.5 Å². The monoisotopic (exact) mass is 375 g/mol. The van der Waals surface area contributed by atoms with Crippen molar-refractivity contribution < 1.29 is 17.6 Å². The second kappa shape index (κ2) is 8.08. The van der Waals surface area contributed by atoms with E-state index >= 15 is 0 Å². The molecule has 1 aromatic carbocycles. The van der Waals surface area contributed by atoms with Crippen LogP contribution in [0.4, 0.5) is 0 Å². The first-order chi connectivity index (χ1) is 12.5. The van der Waals surface area contributed by atoms with Crippen LogP contribution in [-0.4, -0.2) is 37.6 Å². The molecule has 1 amide bonds. The summed E-state index contributed by atoms with van der Waals surface area (Å²) in [5.41, 5.74) is 1.90. The Morgan fingerprint density at radius 1 is 1.15 bits per heavy atom. The van der Waals surface area contributed by atoms with Gasteiger partial charge in [-0.3, -0.25) is 4.79 Å². The number of amides is 1. The molecule has 0 spiro atoms. The molecule has 1 aromatic heterocycles. The molecule has 1 fully saturated rings. The summed E-state index contributed by atoms with van der Waals surface area (Å²) in [6.45, 7) is 3.07. The molecule has 5 nitrogen and oxygen atoms in total. The summed E-state index contributed by atoms with van der Waals surface area (Å²) < 4.78 is 30.2. The maximum atomic E-state index is 12.6. The highest BCUT2D eigenvalue weighted by atomic mass is 32.2. The van der Waals surface area contributed by atoms with Crippen LogP contribution in [0.25, 0.3) is 0 Å². The summed E-state index contributed by atoms with van der Waals surface area (Å²) in [7, 11) is -3.26. The number of hydrogen-bond acceptors (Lipinski definition) is 4. The van der Waals surface area contributed by atoms with Crippen LogP contribution in [0.1, 0.15) is 47.9 Å². The second-order valence-electron chi connectivity index (χ2n) is 6.83. The first kappa shape index (κ1) is 18.7. The lowest BCUT2D eigenvalue weighted by Crippen LogP contribution is -2.42. The summed E-state index contributed by atoms with van der Waals surface area (Å²) in [5, 5.41) is -0.413. The molecule has 0 atom stereocenters. The first-order valence-electron chi connectivity index (χ1n) is 9.12. The first-order valence-corrected chi connectivity index (χ1v) is 10.8. The molecule has 0 unspecified atom stereocenters. The van der Waals surface area contributed by atoms with Gasteiger partial charge in [0, 0.05) is 18.7 Å². The predicted octanol–water partition coefficient (Wildman–Crippen LogP) is 3.45. The lowest BCUT2D eigenvalue weighted by molar-refractivity contribution is 0.0725. The van der Waals surface area contributed by atoms with E-state index in [1.54, 1.807) is 17.0 Å². The zero-order valence-corrected chi connectivity index (χ0v) is 15.9. The van der Waals surface area contributed by atoms with Gasteiger partial charge in [-0.05, 0) is 49.1 Å². The minimum absolute atomic E-state index is 0.0186. The topological polar surface area (TPSA) is 67.6 Å². The van der Waals surface area contributed by atoms with Crippen molar-refractivity contribution in [2.24, 2.45) is 0 Å². The smallest absolute Gasteiger partial charge is 0.253 e. The number of carbonyl (C=O) groups is 1. The van der Waals surface area contributed by atoms with Gasteiger partial charge in [-0.2, -0.15) is 0 Å². The number of benzene rings is 1. The number of likely N-dealkylation sites (tertiary alicyclic amines) is 1. The van der Waals surface area contributed by atoms with Crippen LogP contribution in [0.3, 0.4) is 0 Å². The summed E-state index contributed by atoms with van der Waals surface area (Å²) in [6.07, 6.45) is 4.52. The number of aryl methyl sites for hydroxylation is 1. The maximum Gasteiger partial charge on any atom is 0.253 e. The minimum Gasteiger partial charge on any atom is -0.468 e. The average Bonchev–Trinajstić information content (AvgIpc) is 3.14. The number of carbonyl (C=O) groups excluding carboxylic acids is 1. The Bertz CT molecular complexity index is 817. The van der Waals surface area contributed by atoms with Crippen molar-refractivity contribution in [3.8, 4) is 0 Å². The lowest BCUT2D eigenvalue weighted by Gasteiger charge is -2.31. The molecule has 140 valence electrons. The van der Waals surface area contributed by atoms with Gasteiger partial charge in [-0.1, -0.05) is 25.5 Å². The van der Waals surface area contributed by atoms with E-state index in [-0.39, 0.29) is 11.7 Å². The van der Waals surface area contributed by atoms with Crippen molar-refractivity contribution in [1.29, 1.82) is 0 Å². The van der Waals surface area contributed by atoms with E-state index in [0.29, 0.717) is 37.3 Å². The van der Waals surface area contributed by atoms with Gasteiger partial charge >= 0.3 is 0 Å². The molecule has 1 aliphatic rings. The summed E-state index contributed by atoms with van der Waals surface area (Å²) in [4.78, 5) is 14.4. The summed E-state index contributed by atoms with van der Waals surface area (Å²) in [6, 6.07) is 11.1. The number of nitrogens with zero attached hydrogens (tertiary/aromatic N) is 1. The van der Waals surface area contributed by atoms with Gasteiger partial charge < -0.3 is 9.32 Å². The predicted molar refractivity (Wildman–Crippen MR) is 101 cm³/mol. The third-order valence-electron chi connectivity index (χ3n) is 4.90. The van der Waals surface area contributed by atoms with Crippen molar-refractivity contribution in [3.05, 3.63) is 59.5 Å². The Hall–Kier alpha value is -2.08. The van der Waals surface area contributed by atoms with E-state index in [4.69, 9.17) is 4.42 Å². The van der Waals surface area contributed by atoms with Crippen molar-refractivity contribution in [3.63, 3.8) is 0 Å². The minimum atomic E-state index is -3.26. The van der Waals surface area contributed by atoms with Gasteiger partial charge in [-0.15, -0.1) is 0 Å². The highest BCUT2D eigenvalue weighted by Crippen LogP contribution is 2.23. The van der Waals surface area contributed by atoms with Crippen LogP contribution in [0.5, 0.6) is 0 Å². The highest BCUT2D eigenvalue weighted by Gasteiger charge is 2.32. The Morgan fingerprint density at radius 2 is 1.85 bits per heavy atom. The quantitative estimate of drug-likeness (QED) is 0.775. The Balaban J connectivity index is 1.58. The molecule has 3 rings (SSSR count). The molecule has 0 bridgehead atoms. The molecule has 6 heteroatoms. The zero-order valence-electron chi connectivity index (χ0n) is 15.1. The fourth-order valence-corrected chi connectivity index (χ4v) is 5.14. The Labute approximate surface area is 154 Å². The standard InChI is InChI=1S/C20H25NO4S/c1-2-4-16-6-8-17(9-7-16)20(22)21-12-10-19(11-13-21)26(23,24)15-18-5-3-14-25-18/h3,5-9,14,19H,2,4,10-13,15H2,1H3. The molecule has 2 heterocycles. The van der Waals surface area contributed by atoms with Crippen LogP contribution in [0, 0.1) is 0 Å². The van der Waals surface area contributed by atoms with Gasteiger partial charge in [0.2, 0.25) is 0 Å². The van der Waals surface area contributed by atoms with Crippen LogP contribution in [-0.2, 0) is 22.0 Å². The van der Waals surface area contributed by atoms with Crippen LogP contribution >= 0.6 is 0 Å². The maximum absolute atomic E-state index is 12.6. The summed E-state index contributed by atoms with van der Waals surface area (Å²) in [5.74, 6) is 0.378. The van der Waals surface area contributed by atoms with Gasteiger partial charge in [0.15, 0.2) is 9.84 Å².